The Kier molecular flexibility index (Phi) is 12.3. The fourth-order valence-corrected chi connectivity index (χ4v) is 7.85. The number of fused-ring (bicyclic) bond motifs is 2. The van der Waals surface area contributed by atoms with E-state index in [1.54, 1.807) is 25.7 Å². The minimum Gasteiger partial charge on any atom is -0.458 e. The lowest BCUT2D eigenvalue weighted by Gasteiger charge is -2.36. The number of hydrogen-bond donors (Lipinski definition) is 4. The zero-order valence-electron chi connectivity index (χ0n) is 32.4. The van der Waals surface area contributed by atoms with Crippen LogP contribution in [0.3, 0.4) is 0 Å². The molecule has 2 fully saturated rings. The minimum absolute atomic E-state index is 0.0422. The van der Waals surface area contributed by atoms with Gasteiger partial charge in [0.25, 0.3) is 5.91 Å². The largest absolute Gasteiger partial charge is 0.458 e. The third kappa shape index (κ3) is 9.22. The van der Waals surface area contributed by atoms with Gasteiger partial charge in [-0.1, -0.05) is 84.7 Å². The lowest BCUT2D eigenvalue weighted by Crippen LogP contribution is -2.62. The molecule has 5 amide bonds. The highest BCUT2D eigenvalue weighted by atomic mass is 16.6. The van der Waals surface area contributed by atoms with Crippen LogP contribution in [0.25, 0.3) is 0 Å². The van der Waals surface area contributed by atoms with E-state index in [0.717, 1.165) is 17.5 Å². The number of nitrogens with zero attached hydrogens (tertiary/aromatic N) is 1. The molecule has 12 heteroatoms. The number of carbonyl (C=O) groups excluding carboxylic acids is 6. The summed E-state index contributed by atoms with van der Waals surface area (Å²) in [6, 6.07) is 3.22. The number of Topliss-reactive ketones (excluding diaryl/α,β-unsaturated/α-hetero) is 1. The molecule has 1 aliphatic heterocycles. The number of benzene rings is 1. The first-order valence-electron chi connectivity index (χ1n) is 18.6. The molecule has 286 valence electrons. The first kappa shape index (κ1) is 40.5. The van der Waals surface area contributed by atoms with Crippen molar-refractivity contribution >= 4 is 35.5 Å². The topological polar surface area (TPSA) is 163 Å². The van der Waals surface area contributed by atoms with Gasteiger partial charge in [-0.05, 0) is 79.7 Å². The lowest BCUT2D eigenvalue weighted by molar-refractivity contribution is -0.160. The molecule has 1 saturated heterocycles. The van der Waals surface area contributed by atoms with E-state index in [0.29, 0.717) is 25.8 Å². The van der Waals surface area contributed by atoms with Crippen molar-refractivity contribution in [1.82, 2.24) is 26.2 Å². The van der Waals surface area contributed by atoms with Gasteiger partial charge >= 0.3 is 12.0 Å². The summed E-state index contributed by atoms with van der Waals surface area (Å²) in [5.41, 5.74) is 0.464. The Balaban J connectivity index is 1.62. The number of ketones is 1. The highest BCUT2D eigenvalue weighted by molar-refractivity contribution is 6.38. The van der Waals surface area contributed by atoms with Crippen LogP contribution in [0.5, 0.6) is 0 Å². The van der Waals surface area contributed by atoms with Crippen LogP contribution in [-0.4, -0.2) is 83.3 Å². The molecule has 4 rings (SSSR count). The molecular weight excluding hydrogens is 662 g/mol. The molecule has 0 spiro atoms. The van der Waals surface area contributed by atoms with Crippen LogP contribution in [0.4, 0.5) is 4.79 Å². The number of carbonyl (C=O) groups is 6. The predicted molar refractivity (Wildman–Crippen MR) is 198 cm³/mol. The van der Waals surface area contributed by atoms with Gasteiger partial charge in [0.1, 0.15) is 23.7 Å². The van der Waals surface area contributed by atoms with Crippen molar-refractivity contribution in [1.29, 1.82) is 0 Å². The Morgan fingerprint density at radius 2 is 1.60 bits per heavy atom. The maximum atomic E-state index is 14.8. The van der Waals surface area contributed by atoms with E-state index in [1.165, 1.54) is 6.08 Å². The molecule has 6 atom stereocenters. The standard InChI is InChI=1S/C40H59N5O7/c1-11-13-18-27(31(46)34(48)41-19-12-2)42-33(47)30-28-26(40(28,9)10)22-45(30)35(49)29(25-20-23-16-14-15-17-24(23)21-25)43-37(51)44-32(38(3,4)5)36(50)52-39(6,7)8/h12,14-17,25-30,32H,2,11,13,18-22H2,1,3-10H3,(H,41,48)(H,42,47)(H2,43,44,51)/t26-,27?,28-,29-,30-,32+/m0/s1. The number of piperidine rings is 1. The Bertz CT molecular complexity index is 1530. The van der Waals surface area contributed by atoms with Crippen LogP contribution in [-0.2, 0) is 41.6 Å². The van der Waals surface area contributed by atoms with Crippen LogP contribution < -0.4 is 21.3 Å². The van der Waals surface area contributed by atoms with Crippen LogP contribution in [0.15, 0.2) is 36.9 Å². The molecule has 2 aliphatic carbocycles. The van der Waals surface area contributed by atoms with Crippen molar-refractivity contribution in [2.45, 2.75) is 124 Å². The first-order valence-corrected chi connectivity index (χ1v) is 18.6. The molecule has 1 saturated carbocycles. The fraction of sp³-hybridized carbons (Fsp3) is 0.650. The molecular formula is C40H59N5O7. The first-order chi connectivity index (χ1) is 24.2. The second-order valence-corrected chi connectivity index (χ2v) is 17.3. The van der Waals surface area contributed by atoms with Crippen LogP contribution in [0, 0.1) is 28.6 Å². The molecule has 3 aliphatic rings. The van der Waals surface area contributed by atoms with Gasteiger partial charge in [-0.3, -0.25) is 19.2 Å². The van der Waals surface area contributed by atoms with Gasteiger partial charge in [-0.25, -0.2) is 9.59 Å². The molecule has 1 unspecified atom stereocenters. The fourth-order valence-electron chi connectivity index (χ4n) is 7.85. The molecule has 0 radical (unpaired) electrons. The molecule has 0 aromatic heterocycles. The lowest BCUT2D eigenvalue weighted by atomic mass is 9.86. The van der Waals surface area contributed by atoms with E-state index >= 15 is 0 Å². The van der Waals surface area contributed by atoms with Gasteiger partial charge in [-0.2, -0.15) is 0 Å². The van der Waals surface area contributed by atoms with E-state index in [1.807, 2.05) is 52.0 Å². The summed E-state index contributed by atoms with van der Waals surface area (Å²) in [5.74, 6) is -3.47. The number of likely N-dealkylation sites (tertiary alicyclic amines) is 1. The second-order valence-electron chi connectivity index (χ2n) is 17.3. The Labute approximate surface area is 308 Å². The number of amides is 5. The highest BCUT2D eigenvalue weighted by Gasteiger charge is 2.70. The van der Waals surface area contributed by atoms with Crippen LogP contribution >= 0.6 is 0 Å². The monoisotopic (exact) mass is 721 g/mol. The average Bonchev–Trinajstić information content (AvgIpc) is 3.41. The molecule has 12 nitrogen and oxygen atoms in total. The van der Waals surface area contributed by atoms with Gasteiger partial charge in [0, 0.05) is 13.1 Å². The van der Waals surface area contributed by atoms with Crippen molar-refractivity contribution in [3.63, 3.8) is 0 Å². The van der Waals surface area contributed by atoms with Gasteiger partial charge in [0.05, 0.1) is 6.04 Å². The zero-order valence-corrected chi connectivity index (χ0v) is 32.4. The summed E-state index contributed by atoms with van der Waals surface area (Å²) in [7, 11) is 0. The summed E-state index contributed by atoms with van der Waals surface area (Å²) in [4.78, 5) is 83.5. The Hall–Kier alpha value is -4.22. The third-order valence-corrected chi connectivity index (χ3v) is 10.8. The number of rotatable bonds is 14. The molecule has 4 N–H and O–H groups in total. The van der Waals surface area contributed by atoms with E-state index in [-0.39, 0.29) is 36.1 Å². The number of hydrogen-bond acceptors (Lipinski definition) is 7. The molecule has 0 bridgehead atoms. The minimum atomic E-state index is -1.05. The number of unbranched alkanes of at least 4 members (excludes halogenated alkanes) is 1. The van der Waals surface area contributed by atoms with Gasteiger partial charge < -0.3 is 30.9 Å². The number of nitrogens with one attached hydrogen (secondary N) is 4. The summed E-state index contributed by atoms with van der Waals surface area (Å²) >= 11 is 0. The SMILES string of the molecule is C=CCNC(=O)C(=O)C(CCCC)NC(=O)[C@@H]1[C@@H]2[C@H](CN1C(=O)[C@@H](NC(=O)N[C@H](C(=O)OC(C)(C)C)C(C)(C)C)C1Cc3ccccc3C1)C2(C)C. The van der Waals surface area contributed by atoms with Gasteiger partial charge in [0.15, 0.2) is 0 Å². The Morgan fingerprint density at radius 1 is 0.981 bits per heavy atom. The van der Waals surface area contributed by atoms with Crippen molar-refractivity contribution in [3.8, 4) is 0 Å². The number of esters is 1. The summed E-state index contributed by atoms with van der Waals surface area (Å²) in [5, 5.41) is 11.1. The van der Waals surface area contributed by atoms with Gasteiger partial charge in [-0.15, -0.1) is 6.58 Å². The van der Waals surface area contributed by atoms with Crippen molar-refractivity contribution in [2.75, 3.05) is 13.1 Å². The normalized spacial score (nSPS) is 22.2. The molecule has 52 heavy (non-hydrogen) atoms. The van der Waals surface area contributed by atoms with E-state index in [9.17, 15) is 28.8 Å². The van der Waals surface area contributed by atoms with Crippen molar-refractivity contribution in [2.24, 2.45) is 28.6 Å². The third-order valence-electron chi connectivity index (χ3n) is 10.8. The second kappa shape index (κ2) is 15.8. The Morgan fingerprint density at radius 3 is 2.13 bits per heavy atom. The number of urea groups is 1. The number of ether oxygens (including phenoxy) is 1. The smallest absolute Gasteiger partial charge is 0.329 e. The van der Waals surface area contributed by atoms with Gasteiger partial charge in [0.2, 0.25) is 17.6 Å². The average molecular weight is 722 g/mol. The predicted octanol–water partition coefficient (Wildman–Crippen LogP) is 3.85. The zero-order chi connectivity index (χ0) is 38.8. The highest BCUT2D eigenvalue weighted by Crippen LogP contribution is 2.65. The molecule has 1 aromatic rings. The van der Waals surface area contributed by atoms with Crippen LogP contribution in [0.2, 0.25) is 0 Å². The van der Waals surface area contributed by atoms with E-state index in [2.05, 4.69) is 41.7 Å². The van der Waals surface area contributed by atoms with Crippen molar-refractivity contribution in [3.05, 3.63) is 48.0 Å². The quantitative estimate of drug-likeness (QED) is 0.129. The summed E-state index contributed by atoms with van der Waals surface area (Å²) in [6.07, 6.45) is 4.19. The van der Waals surface area contributed by atoms with Crippen LogP contribution in [0.1, 0.15) is 92.7 Å². The maximum Gasteiger partial charge on any atom is 0.329 e. The maximum absolute atomic E-state index is 14.8. The summed E-state index contributed by atoms with van der Waals surface area (Å²) < 4.78 is 5.63. The molecule has 1 heterocycles. The molecule has 1 aromatic carbocycles. The van der Waals surface area contributed by atoms with E-state index in [4.69, 9.17) is 4.74 Å². The summed E-state index contributed by atoms with van der Waals surface area (Å²) in [6.45, 7) is 20.8. The van der Waals surface area contributed by atoms with E-state index < -0.39 is 70.7 Å². The van der Waals surface area contributed by atoms with Crippen molar-refractivity contribution < 1.29 is 33.5 Å².